The molecular formula is C20H12ClNaO3S. The molecule has 1 N–H and O–H groups in total. The molecule has 0 atom stereocenters. The molecule has 0 aliphatic rings. The molecule has 0 radical (unpaired) electrons. The van der Waals surface area contributed by atoms with Crippen molar-refractivity contribution in [3.05, 3.63) is 65.7 Å². The Morgan fingerprint density at radius 2 is 1.27 bits per heavy atom. The standard InChI is InChI=1S/C20H11ClO3S.Na.H/c21-16-10-12-6-3-8-14-13-7-1-4-11-5-2-9-15(17(11)13)19(18(12)14)20(16)25(22,23)24;;/h1-10H,(H,22,23,24);;. The zero-order chi connectivity index (χ0) is 17.3. The first-order valence-corrected chi connectivity index (χ1v) is 9.54. The molecular weight excluding hydrogens is 379 g/mol. The van der Waals surface area contributed by atoms with Crippen LogP contribution < -0.4 is 0 Å². The molecule has 0 aliphatic heterocycles. The molecule has 26 heavy (non-hydrogen) atoms. The first kappa shape index (κ1) is 18.0. The Morgan fingerprint density at radius 3 is 1.88 bits per heavy atom. The molecule has 0 heterocycles. The maximum absolute atomic E-state index is 12.1. The van der Waals surface area contributed by atoms with Crippen molar-refractivity contribution in [2.75, 3.05) is 0 Å². The predicted molar refractivity (Wildman–Crippen MR) is 110 cm³/mol. The van der Waals surface area contributed by atoms with Gasteiger partial charge in [0.1, 0.15) is 4.90 Å². The quantitative estimate of drug-likeness (QED) is 0.190. The Kier molecular flexibility index (Phi) is 4.19. The molecule has 0 aliphatic carbocycles. The fourth-order valence-corrected chi connectivity index (χ4v) is 5.19. The van der Waals surface area contributed by atoms with Gasteiger partial charge in [-0.2, -0.15) is 8.42 Å². The van der Waals surface area contributed by atoms with Gasteiger partial charge in [0.25, 0.3) is 10.1 Å². The van der Waals surface area contributed by atoms with Crippen LogP contribution in [0.3, 0.4) is 0 Å². The fourth-order valence-electron chi connectivity index (χ4n) is 3.91. The van der Waals surface area contributed by atoms with Crippen LogP contribution in [-0.4, -0.2) is 42.5 Å². The van der Waals surface area contributed by atoms with E-state index >= 15 is 0 Å². The van der Waals surface area contributed by atoms with Crippen LogP contribution in [0, 0.1) is 0 Å². The topological polar surface area (TPSA) is 54.4 Å². The summed E-state index contributed by atoms with van der Waals surface area (Å²) < 4.78 is 34.1. The predicted octanol–water partition coefficient (Wildman–Crippen LogP) is 4.99. The average molecular weight is 391 g/mol. The molecule has 0 spiro atoms. The molecule has 0 saturated carbocycles. The van der Waals surface area contributed by atoms with E-state index < -0.39 is 10.1 Å². The number of fused-ring (bicyclic) bond motifs is 2. The third-order valence-corrected chi connectivity index (χ3v) is 6.15. The molecule has 0 amide bonds. The fraction of sp³-hybridized carbons (Fsp3) is 0. The molecule has 0 aromatic heterocycles. The SMILES string of the molecule is O=S(=O)(O)c1c(Cl)cc2cccc3c4cccc5cccc(c1c23)c54.[NaH]. The third-order valence-electron chi connectivity index (χ3n) is 4.80. The number of hydrogen-bond acceptors (Lipinski definition) is 2. The van der Waals surface area contributed by atoms with E-state index in [1.807, 2.05) is 54.6 Å². The van der Waals surface area contributed by atoms with E-state index in [1.165, 1.54) is 0 Å². The van der Waals surface area contributed by atoms with Crippen molar-refractivity contribution in [1.29, 1.82) is 0 Å². The summed E-state index contributed by atoms with van der Waals surface area (Å²) in [5.41, 5.74) is 0. The van der Waals surface area contributed by atoms with Crippen LogP contribution in [0.25, 0.3) is 43.1 Å². The van der Waals surface area contributed by atoms with Crippen LogP contribution in [0.4, 0.5) is 0 Å². The molecule has 5 rings (SSSR count). The molecule has 5 aromatic rings. The van der Waals surface area contributed by atoms with Crippen molar-refractivity contribution in [1.82, 2.24) is 0 Å². The normalized spacial score (nSPS) is 12.2. The average Bonchev–Trinajstić information content (AvgIpc) is 2.57. The van der Waals surface area contributed by atoms with Crippen LogP contribution in [0.15, 0.2) is 65.6 Å². The molecule has 0 saturated heterocycles. The molecule has 0 fully saturated rings. The Morgan fingerprint density at radius 1 is 0.731 bits per heavy atom. The van der Waals surface area contributed by atoms with E-state index in [2.05, 4.69) is 0 Å². The Balaban J connectivity index is 0.00000168. The van der Waals surface area contributed by atoms with Gasteiger partial charge in [0.05, 0.1) is 5.02 Å². The van der Waals surface area contributed by atoms with Gasteiger partial charge in [0.2, 0.25) is 0 Å². The summed E-state index contributed by atoms with van der Waals surface area (Å²) in [5.74, 6) is 0. The van der Waals surface area contributed by atoms with Crippen molar-refractivity contribution in [2.24, 2.45) is 0 Å². The van der Waals surface area contributed by atoms with Gasteiger partial charge in [-0.1, -0.05) is 66.2 Å². The van der Waals surface area contributed by atoms with Gasteiger partial charge in [0, 0.05) is 5.39 Å². The second kappa shape index (κ2) is 6.06. The van der Waals surface area contributed by atoms with Gasteiger partial charge >= 0.3 is 29.6 Å². The van der Waals surface area contributed by atoms with Crippen molar-refractivity contribution in [3.8, 4) is 0 Å². The van der Waals surface area contributed by atoms with E-state index in [0.717, 1.165) is 37.7 Å². The van der Waals surface area contributed by atoms with Gasteiger partial charge in [-0.25, -0.2) is 0 Å². The van der Waals surface area contributed by atoms with Gasteiger partial charge in [-0.15, -0.1) is 0 Å². The van der Waals surface area contributed by atoms with Crippen molar-refractivity contribution >= 4 is 94.4 Å². The van der Waals surface area contributed by atoms with E-state index in [4.69, 9.17) is 11.6 Å². The van der Waals surface area contributed by atoms with Crippen LogP contribution in [0.5, 0.6) is 0 Å². The summed E-state index contributed by atoms with van der Waals surface area (Å²) >= 11 is 6.27. The minimum atomic E-state index is -4.48. The van der Waals surface area contributed by atoms with Gasteiger partial charge in [0.15, 0.2) is 0 Å². The van der Waals surface area contributed by atoms with Crippen LogP contribution in [0.2, 0.25) is 5.02 Å². The minimum absolute atomic E-state index is 0. The molecule has 124 valence electrons. The number of hydrogen-bond donors (Lipinski definition) is 1. The molecule has 0 unspecified atom stereocenters. The van der Waals surface area contributed by atoms with E-state index in [1.54, 1.807) is 6.07 Å². The molecule has 5 aromatic carbocycles. The van der Waals surface area contributed by atoms with Gasteiger partial charge in [-0.05, 0) is 43.8 Å². The van der Waals surface area contributed by atoms with Crippen molar-refractivity contribution < 1.29 is 13.0 Å². The first-order valence-electron chi connectivity index (χ1n) is 7.72. The van der Waals surface area contributed by atoms with Crippen LogP contribution >= 0.6 is 11.6 Å². The zero-order valence-electron chi connectivity index (χ0n) is 12.8. The molecule has 6 heteroatoms. The van der Waals surface area contributed by atoms with E-state index in [0.29, 0.717) is 5.39 Å². The monoisotopic (exact) mass is 390 g/mol. The zero-order valence-corrected chi connectivity index (χ0v) is 14.4. The van der Waals surface area contributed by atoms with Crippen LogP contribution in [0.1, 0.15) is 0 Å². The summed E-state index contributed by atoms with van der Waals surface area (Å²) in [5, 5.41) is 6.89. The molecule has 0 bridgehead atoms. The summed E-state index contributed by atoms with van der Waals surface area (Å²) in [7, 11) is -4.48. The van der Waals surface area contributed by atoms with Crippen LogP contribution in [-0.2, 0) is 10.1 Å². The maximum atomic E-state index is 12.1. The second-order valence-corrected chi connectivity index (χ2v) is 7.92. The third kappa shape index (κ3) is 2.38. The summed E-state index contributed by atoms with van der Waals surface area (Å²) in [6, 6.07) is 19.2. The van der Waals surface area contributed by atoms with Crippen molar-refractivity contribution in [3.63, 3.8) is 0 Å². The summed E-state index contributed by atoms with van der Waals surface area (Å²) in [4.78, 5) is -0.226. The summed E-state index contributed by atoms with van der Waals surface area (Å²) in [6.45, 7) is 0. The summed E-state index contributed by atoms with van der Waals surface area (Å²) in [6.07, 6.45) is 0. The number of halogens is 1. The van der Waals surface area contributed by atoms with Gasteiger partial charge in [-0.3, -0.25) is 4.55 Å². The Bertz CT molecular complexity index is 1420. The number of benzene rings is 5. The Labute approximate surface area is 176 Å². The molecule has 3 nitrogen and oxygen atoms in total. The first-order chi connectivity index (χ1) is 12.0. The van der Waals surface area contributed by atoms with E-state index in [-0.39, 0.29) is 39.5 Å². The Hall–Kier alpha value is -1.40. The van der Waals surface area contributed by atoms with Gasteiger partial charge < -0.3 is 0 Å². The number of rotatable bonds is 1. The second-order valence-electron chi connectivity index (χ2n) is 6.15. The van der Waals surface area contributed by atoms with Crippen molar-refractivity contribution in [2.45, 2.75) is 4.90 Å². The van der Waals surface area contributed by atoms with E-state index in [9.17, 15) is 13.0 Å².